The van der Waals surface area contributed by atoms with Crippen molar-refractivity contribution in [3.8, 4) is 0 Å². The minimum atomic E-state index is -0.120. The van der Waals surface area contributed by atoms with E-state index in [1.807, 2.05) is 54.1 Å². The lowest BCUT2D eigenvalue weighted by atomic mass is 10.2. The first-order valence-corrected chi connectivity index (χ1v) is 6.47. The van der Waals surface area contributed by atoms with Crippen molar-refractivity contribution in [2.45, 2.75) is 13.0 Å². The Hall–Kier alpha value is -1.55. The summed E-state index contributed by atoms with van der Waals surface area (Å²) in [6, 6.07) is 9.91. The number of anilines is 1. The number of nitrogens with zero attached hydrogens (tertiary/aromatic N) is 2. The number of hydrogen-bond acceptors (Lipinski definition) is 3. The Bertz CT molecular complexity index is 387. The lowest BCUT2D eigenvalue weighted by Crippen LogP contribution is -2.52. The Kier molecular flexibility index (Phi) is 4.20. The van der Waals surface area contributed by atoms with Gasteiger partial charge in [-0.15, -0.1) is 0 Å². The molecular formula is C14H21N3O. The lowest BCUT2D eigenvalue weighted by Gasteiger charge is -2.34. The summed E-state index contributed by atoms with van der Waals surface area (Å²) in [6.07, 6.45) is 0. The van der Waals surface area contributed by atoms with Gasteiger partial charge >= 0.3 is 0 Å². The highest BCUT2D eigenvalue weighted by molar-refractivity contribution is 5.84. The van der Waals surface area contributed by atoms with Gasteiger partial charge in [-0.3, -0.25) is 4.79 Å². The Morgan fingerprint density at radius 3 is 2.50 bits per heavy atom. The van der Waals surface area contributed by atoms with Crippen LogP contribution in [0.5, 0.6) is 0 Å². The second kappa shape index (κ2) is 5.87. The zero-order chi connectivity index (χ0) is 13.0. The average Bonchev–Trinajstić information content (AvgIpc) is 2.47. The molecule has 1 N–H and O–H groups in total. The minimum Gasteiger partial charge on any atom is -0.363 e. The average molecular weight is 247 g/mol. The molecule has 2 rings (SSSR count). The number of carbonyl (C=O) groups excluding carboxylic acids is 1. The normalized spacial score (nSPS) is 17.3. The molecule has 98 valence electrons. The second-order valence-corrected chi connectivity index (χ2v) is 4.70. The molecule has 1 aliphatic rings. The first kappa shape index (κ1) is 12.9. The van der Waals surface area contributed by atoms with Crippen LogP contribution in [0.1, 0.15) is 6.92 Å². The van der Waals surface area contributed by atoms with Crippen molar-refractivity contribution in [2.24, 2.45) is 0 Å². The summed E-state index contributed by atoms with van der Waals surface area (Å²) in [5, 5.41) is 3.26. The van der Waals surface area contributed by atoms with E-state index in [4.69, 9.17) is 0 Å². The quantitative estimate of drug-likeness (QED) is 0.863. The predicted molar refractivity (Wildman–Crippen MR) is 73.8 cm³/mol. The van der Waals surface area contributed by atoms with Gasteiger partial charge < -0.3 is 15.1 Å². The monoisotopic (exact) mass is 247 g/mol. The molecule has 4 nitrogen and oxygen atoms in total. The number of benzene rings is 1. The third-order valence-corrected chi connectivity index (χ3v) is 3.53. The minimum absolute atomic E-state index is 0.120. The highest BCUT2D eigenvalue weighted by Crippen LogP contribution is 2.15. The van der Waals surface area contributed by atoms with Crippen molar-refractivity contribution in [1.29, 1.82) is 0 Å². The molecule has 1 aromatic rings. The third-order valence-electron chi connectivity index (χ3n) is 3.53. The van der Waals surface area contributed by atoms with Crippen molar-refractivity contribution >= 4 is 11.6 Å². The molecule has 1 saturated heterocycles. The van der Waals surface area contributed by atoms with Crippen LogP contribution in [0.3, 0.4) is 0 Å². The zero-order valence-corrected chi connectivity index (χ0v) is 11.1. The molecule has 0 radical (unpaired) electrons. The van der Waals surface area contributed by atoms with E-state index < -0.39 is 0 Å². The number of rotatable bonds is 3. The molecule has 1 atom stereocenters. The number of nitrogens with one attached hydrogen (secondary N) is 1. The molecule has 0 spiro atoms. The number of para-hydroxylation sites is 1. The first-order chi connectivity index (χ1) is 8.70. The fourth-order valence-corrected chi connectivity index (χ4v) is 2.20. The summed E-state index contributed by atoms with van der Waals surface area (Å²) < 4.78 is 0. The molecule has 1 fully saturated rings. The summed E-state index contributed by atoms with van der Waals surface area (Å²) in [7, 11) is 1.97. The fourth-order valence-electron chi connectivity index (χ4n) is 2.20. The maximum Gasteiger partial charge on any atom is 0.245 e. The molecule has 4 heteroatoms. The highest BCUT2D eigenvalue weighted by atomic mass is 16.2. The van der Waals surface area contributed by atoms with Gasteiger partial charge in [0.05, 0.1) is 0 Å². The first-order valence-electron chi connectivity index (χ1n) is 6.47. The van der Waals surface area contributed by atoms with Crippen molar-refractivity contribution in [2.75, 3.05) is 38.1 Å². The molecular weight excluding hydrogens is 226 g/mol. The summed E-state index contributed by atoms with van der Waals surface area (Å²) in [4.78, 5) is 16.3. The zero-order valence-electron chi connectivity index (χ0n) is 11.1. The predicted octanol–water partition coefficient (Wildman–Crippen LogP) is 0.943. The van der Waals surface area contributed by atoms with Crippen molar-refractivity contribution in [3.05, 3.63) is 30.3 Å². The molecule has 18 heavy (non-hydrogen) atoms. The van der Waals surface area contributed by atoms with Crippen LogP contribution >= 0.6 is 0 Å². The van der Waals surface area contributed by atoms with Gasteiger partial charge in [0.2, 0.25) is 5.91 Å². The van der Waals surface area contributed by atoms with E-state index in [0.29, 0.717) is 0 Å². The largest absolute Gasteiger partial charge is 0.363 e. The number of carbonyl (C=O) groups is 1. The molecule has 1 aliphatic heterocycles. The van der Waals surface area contributed by atoms with E-state index in [0.717, 1.165) is 31.9 Å². The van der Waals surface area contributed by atoms with Crippen LogP contribution in [0.4, 0.5) is 5.69 Å². The molecule has 0 aromatic heterocycles. The van der Waals surface area contributed by atoms with Gasteiger partial charge in [0, 0.05) is 38.9 Å². The summed E-state index contributed by atoms with van der Waals surface area (Å²) in [6.45, 7) is 5.38. The van der Waals surface area contributed by atoms with Gasteiger partial charge in [0.15, 0.2) is 0 Å². The molecule has 0 saturated carbocycles. The van der Waals surface area contributed by atoms with Crippen LogP contribution in [0.2, 0.25) is 0 Å². The molecule has 1 aromatic carbocycles. The third kappa shape index (κ3) is 2.82. The van der Waals surface area contributed by atoms with Gasteiger partial charge in [-0.1, -0.05) is 18.2 Å². The number of piperazine rings is 1. The molecule has 0 bridgehead atoms. The van der Waals surface area contributed by atoms with Gasteiger partial charge in [0.25, 0.3) is 0 Å². The summed E-state index contributed by atoms with van der Waals surface area (Å²) >= 11 is 0. The van der Waals surface area contributed by atoms with E-state index in [1.54, 1.807) is 0 Å². The van der Waals surface area contributed by atoms with Gasteiger partial charge in [-0.05, 0) is 19.1 Å². The second-order valence-electron chi connectivity index (χ2n) is 4.70. The van der Waals surface area contributed by atoms with Crippen molar-refractivity contribution < 1.29 is 4.79 Å². The van der Waals surface area contributed by atoms with E-state index in [9.17, 15) is 4.79 Å². The topological polar surface area (TPSA) is 35.6 Å². The number of likely N-dealkylation sites (N-methyl/N-ethyl adjacent to an activating group) is 1. The molecule has 1 unspecified atom stereocenters. The van der Waals surface area contributed by atoms with E-state index in [-0.39, 0.29) is 11.9 Å². The van der Waals surface area contributed by atoms with E-state index in [1.165, 1.54) is 0 Å². The standard InChI is InChI=1S/C14H21N3O/c1-12(14(18)17-10-8-15-9-11-17)16(2)13-6-4-3-5-7-13/h3-7,12,15H,8-11H2,1-2H3. The fraction of sp³-hybridized carbons (Fsp3) is 0.500. The number of hydrogen-bond donors (Lipinski definition) is 1. The lowest BCUT2D eigenvalue weighted by molar-refractivity contribution is -0.132. The van der Waals surface area contributed by atoms with Crippen LogP contribution in [0.25, 0.3) is 0 Å². The maximum atomic E-state index is 12.4. The van der Waals surface area contributed by atoms with Gasteiger partial charge in [-0.25, -0.2) is 0 Å². The highest BCUT2D eigenvalue weighted by Gasteiger charge is 2.24. The van der Waals surface area contributed by atoms with Crippen LogP contribution in [0.15, 0.2) is 30.3 Å². The summed E-state index contributed by atoms with van der Waals surface area (Å²) in [5.74, 6) is 0.211. The molecule has 0 aliphatic carbocycles. The van der Waals surface area contributed by atoms with Crippen LogP contribution in [-0.4, -0.2) is 50.1 Å². The van der Waals surface area contributed by atoms with Crippen LogP contribution in [0, 0.1) is 0 Å². The van der Waals surface area contributed by atoms with E-state index >= 15 is 0 Å². The van der Waals surface area contributed by atoms with Gasteiger partial charge in [-0.2, -0.15) is 0 Å². The molecule has 1 amide bonds. The number of amides is 1. The van der Waals surface area contributed by atoms with Crippen LogP contribution in [-0.2, 0) is 4.79 Å². The Labute approximate surface area is 109 Å². The molecule has 1 heterocycles. The SMILES string of the molecule is CC(C(=O)N1CCNCC1)N(C)c1ccccc1. The van der Waals surface area contributed by atoms with Crippen molar-refractivity contribution in [1.82, 2.24) is 10.2 Å². The summed E-state index contributed by atoms with van der Waals surface area (Å²) in [5.41, 5.74) is 1.08. The maximum absolute atomic E-state index is 12.4. The van der Waals surface area contributed by atoms with E-state index in [2.05, 4.69) is 5.32 Å². The Balaban J connectivity index is 2.01. The van der Waals surface area contributed by atoms with Crippen LogP contribution < -0.4 is 10.2 Å². The van der Waals surface area contributed by atoms with Crippen molar-refractivity contribution in [3.63, 3.8) is 0 Å². The smallest absolute Gasteiger partial charge is 0.245 e. The van der Waals surface area contributed by atoms with Gasteiger partial charge in [0.1, 0.15) is 6.04 Å². The Morgan fingerprint density at radius 1 is 1.28 bits per heavy atom. The Morgan fingerprint density at radius 2 is 1.89 bits per heavy atom.